The molecule has 2 N–H and O–H groups in total. The lowest BCUT2D eigenvalue weighted by molar-refractivity contribution is -0.137. The number of aliphatic imine (C=N–C) groups is 1. The van der Waals surface area contributed by atoms with Crippen LogP contribution in [0.15, 0.2) is 45.5 Å². The van der Waals surface area contributed by atoms with Crippen LogP contribution in [0.5, 0.6) is 0 Å². The summed E-state index contributed by atoms with van der Waals surface area (Å²) >= 11 is 0. The Morgan fingerprint density at radius 3 is 2.28 bits per heavy atom. The highest BCUT2D eigenvalue weighted by Gasteiger charge is 2.55. The largest absolute Gasteiger partial charge is 0.328 e. The lowest BCUT2D eigenvalue weighted by Gasteiger charge is -2.41. The van der Waals surface area contributed by atoms with E-state index in [2.05, 4.69) is 13.8 Å². The molecular weight excluding hydrogens is 432 g/mol. The Morgan fingerprint density at radius 1 is 1.09 bits per heavy atom. The zero-order valence-corrected chi connectivity index (χ0v) is 19.6. The fourth-order valence-corrected chi connectivity index (χ4v) is 4.82. The van der Waals surface area contributed by atoms with E-state index < -0.39 is 22.2 Å². The van der Waals surface area contributed by atoms with Gasteiger partial charge in [-0.05, 0) is 50.5 Å². The molecule has 0 radical (unpaired) electrons. The number of benzene rings is 1. The van der Waals surface area contributed by atoms with E-state index in [-0.39, 0.29) is 16.8 Å². The van der Waals surface area contributed by atoms with Gasteiger partial charge in [-0.2, -0.15) is 0 Å². The summed E-state index contributed by atoms with van der Waals surface area (Å²) in [6.45, 7) is 8.30. The number of urea groups is 1. The number of amides is 3. The van der Waals surface area contributed by atoms with Crippen molar-refractivity contribution in [3.05, 3.63) is 35.7 Å². The number of primary sulfonamides is 1. The van der Waals surface area contributed by atoms with Crippen LogP contribution in [0, 0.1) is 5.92 Å². The van der Waals surface area contributed by atoms with Crippen LogP contribution < -0.4 is 10.0 Å². The number of anilines is 1. The fourth-order valence-electron chi connectivity index (χ4n) is 4.30. The smallest absolute Gasteiger partial charge is 0.302 e. The number of likely N-dealkylation sites (N-methyl/N-ethyl adjacent to an activating group) is 1. The van der Waals surface area contributed by atoms with E-state index in [1.165, 1.54) is 21.9 Å². The Hall–Kier alpha value is -2.92. The van der Waals surface area contributed by atoms with Gasteiger partial charge in [0.2, 0.25) is 16.0 Å². The Balaban J connectivity index is 1.70. The topological polar surface area (TPSA) is 120 Å². The van der Waals surface area contributed by atoms with E-state index in [1.807, 2.05) is 23.6 Å². The van der Waals surface area contributed by atoms with Gasteiger partial charge in [-0.3, -0.25) is 19.5 Å². The van der Waals surface area contributed by atoms with Crippen molar-refractivity contribution >= 4 is 33.6 Å². The number of allylic oxidation sites excluding steroid dienone is 2. The Labute approximate surface area is 188 Å². The van der Waals surface area contributed by atoms with Gasteiger partial charge in [-0.1, -0.05) is 13.8 Å². The van der Waals surface area contributed by atoms with E-state index in [1.54, 1.807) is 19.2 Å². The predicted octanol–water partition coefficient (Wildman–Crippen LogP) is 1.71. The van der Waals surface area contributed by atoms with Crippen molar-refractivity contribution in [2.75, 3.05) is 18.5 Å². The first-order chi connectivity index (χ1) is 14.9. The third-order valence-corrected chi connectivity index (χ3v) is 7.18. The second-order valence-corrected chi connectivity index (χ2v) is 10.3. The van der Waals surface area contributed by atoms with E-state index in [9.17, 15) is 18.0 Å². The molecule has 3 aliphatic heterocycles. The minimum atomic E-state index is -3.81. The number of guanidine groups is 1. The highest BCUT2D eigenvalue weighted by atomic mass is 32.2. The number of nitrogens with zero attached hydrogens (tertiary/aromatic N) is 5. The van der Waals surface area contributed by atoms with Crippen molar-refractivity contribution in [2.24, 2.45) is 16.0 Å². The summed E-state index contributed by atoms with van der Waals surface area (Å²) in [6, 6.07) is 5.19. The molecule has 1 fully saturated rings. The second kappa shape index (κ2) is 7.59. The monoisotopic (exact) mass is 460 g/mol. The fraction of sp³-hybridized carbons (Fsp3) is 0.476. The number of carbonyl (C=O) groups is 2. The van der Waals surface area contributed by atoms with Crippen LogP contribution in [0.25, 0.3) is 0 Å². The summed E-state index contributed by atoms with van der Waals surface area (Å²) in [5, 5.41) is 5.21. The Morgan fingerprint density at radius 2 is 1.72 bits per heavy atom. The molecule has 3 heterocycles. The van der Waals surface area contributed by atoms with Crippen LogP contribution in [0.1, 0.15) is 34.1 Å². The van der Waals surface area contributed by atoms with Crippen molar-refractivity contribution in [3.8, 4) is 0 Å². The van der Waals surface area contributed by atoms with Gasteiger partial charge in [0.25, 0.3) is 5.91 Å². The molecule has 1 aromatic rings. The molecule has 172 valence electrons. The van der Waals surface area contributed by atoms with Gasteiger partial charge in [0.1, 0.15) is 0 Å². The predicted molar refractivity (Wildman–Crippen MR) is 120 cm³/mol. The third kappa shape index (κ3) is 3.36. The molecule has 0 aliphatic carbocycles. The molecule has 10 nitrogen and oxygen atoms in total. The van der Waals surface area contributed by atoms with Crippen molar-refractivity contribution in [3.63, 3.8) is 0 Å². The zero-order valence-electron chi connectivity index (χ0n) is 18.8. The molecule has 3 aliphatic rings. The summed E-state index contributed by atoms with van der Waals surface area (Å²) in [5.41, 5.74) is 2.41. The van der Waals surface area contributed by atoms with Gasteiger partial charge in [0.15, 0.2) is 12.2 Å². The quantitative estimate of drug-likeness (QED) is 0.714. The molecule has 3 amide bonds. The SMILES string of the molecule is CC1=C(C)N2C(=NC3C2C(=O)N(CCC(C)C)C(=O)N3C)N1c1ccc(S(N)(=O)=O)cc1. The maximum Gasteiger partial charge on any atom is 0.328 e. The van der Waals surface area contributed by atoms with Crippen LogP contribution >= 0.6 is 0 Å². The molecule has 4 rings (SSSR count). The number of nitrogens with two attached hydrogens (primary N) is 1. The van der Waals surface area contributed by atoms with Crippen LogP contribution in [-0.4, -0.2) is 66.8 Å². The molecule has 1 saturated heterocycles. The van der Waals surface area contributed by atoms with Crippen molar-refractivity contribution in [1.29, 1.82) is 0 Å². The summed E-state index contributed by atoms with van der Waals surface area (Å²) < 4.78 is 23.2. The Kier molecular flexibility index (Phi) is 5.29. The van der Waals surface area contributed by atoms with Gasteiger partial charge in [-0.15, -0.1) is 0 Å². The van der Waals surface area contributed by atoms with Crippen LogP contribution in [0.2, 0.25) is 0 Å². The molecule has 1 aromatic carbocycles. The number of hydrogen-bond donors (Lipinski definition) is 1. The average Bonchev–Trinajstić information content (AvgIpc) is 3.21. The lowest BCUT2D eigenvalue weighted by Crippen LogP contribution is -2.64. The molecule has 2 unspecified atom stereocenters. The van der Waals surface area contributed by atoms with Crippen LogP contribution in [0.3, 0.4) is 0 Å². The molecule has 0 saturated carbocycles. The number of rotatable bonds is 5. The van der Waals surface area contributed by atoms with Gasteiger partial charge in [0, 0.05) is 30.7 Å². The summed E-state index contributed by atoms with van der Waals surface area (Å²) in [7, 11) is -2.14. The molecule has 32 heavy (non-hydrogen) atoms. The van der Waals surface area contributed by atoms with Crippen molar-refractivity contribution in [2.45, 2.75) is 51.2 Å². The standard InChI is InChI=1S/C21H28N6O4S/c1-12(2)10-11-25-19(28)17-18(24(5)21(25)29)23-20-26(13(3)14(4)27(17)20)15-6-8-16(9-7-15)32(22,30)31/h6-9,12,17-18H,10-11H2,1-5H3,(H2,22,30,31). The molecule has 0 bridgehead atoms. The van der Waals surface area contributed by atoms with Gasteiger partial charge < -0.3 is 4.90 Å². The minimum absolute atomic E-state index is 0.0130. The number of carbonyl (C=O) groups excluding carboxylic acids is 2. The second-order valence-electron chi connectivity index (χ2n) is 8.77. The van der Waals surface area contributed by atoms with Crippen molar-refractivity contribution < 1.29 is 18.0 Å². The first kappa shape index (κ1) is 22.3. The number of hydrogen-bond acceptors (Lipinski definition) is 7. The lowest BCUT2D eigenvalue weighted by atomic mass is 10.1. The molecular formula is C21H28N6O4S. The normalized spacial score (nSPS) is 23.4. The van der Waals surface area contributed by atoms with Gasteiger partial charge in [-0.25, -0.2) is 23.3 Å². The van der Waals surface area contributed by atoms with Crippen LogP contribution in [-0.2, 0) is 14.8 Å². The summed E-state index contributed by atoms with van der Waals surface area (Å²) in [6.07, 6.45) is 0.0989. The summed E-state index contributed by atoms with van der Waals surface area (Å²) in [4.78, 5) is 37.7. The van der Waals surface area contributed by atoms with E-state index in [0.29, 0.717) is 24.1 Å². The van der Waals surface area contributed by atoms with Gasteiger partial charge >= 0.3 is 6.03 Å². The zero-order chi connectivity index (χ0) is 23.5. The molecule has 0 spiro atoms. The highest BCUT2D eigenvalue weighted by molar-refractivity contribution is 7.89. The maximum atomic E-state index is 13.4. The molecule has 2 atom stereocenters. The molecule has 0 aromatic heterocycles. The van der Waals surface area contributed by atoms with Crippen LogP contribution in [0.4, 0.5) is 10.5 Å². The first-order valence-corrected chi connectivity index (χ1v) is 12.0. The van der Waals surface area contributed by atoms with Gasteiger partial charge in [0.05, 0.1) is 4.90 Å². The number of fused-ring (bicyclic) bond motifs is 3. The highest BCUT2D eigenvalue weighted by Crippen LogP contribution is 2.40. The number of sulfonamides is 1. The van der Waals surface area contributed by atoms with E-state index in [4.69, 9.17) is 10.1 Å². The number of imide groups is 1. The minimum Gasteiger partial charge on any atom is -0.302 e. The Bertz CT molecular complexity index is 1140. The maximum absolute atomic E-state index is 13.4. The van der Waals surface area contributed by atoms with E-state index in [0.717, 1.165) is 17.8 Å². The summed E-state index contributed by atoms with van der Waals surface area (Å²) in [5.74, 6) is 0.647. The average molecular weight is 461 g/mol. The first-order valence-electron chi connectivity index (χ1n) is 10.5. The molecule has 11 heteroatoms. The third-order valence-electron chi connectivity index (χ3n) is 6.25. The van der Waals surface area contributed by atoms with E-state index >= 15 is 0 Å². The van der Waals surface area contributed by atoms with Crippen molar-refractivity contribution in [1.82, 2.24) is 14.7 Å².